The monoisotopic (exact) mass is 220 g/mol. The molecule has 0 aromatic heterocycles. The van der Waals surface area contributed by atoms with Crippen molar-refractivity contribution in [2.75, 3.05) is 0 Å². The van der Waals surface area contributed by atoms with Gasteiger partial charge in [-0.1, -0.05) is 42.0 Å². The Labute approximate surface area is 101 Å². The molecule has 2 rings (SSSR count). The van der Waals surface area contributed by atoms with Crippen LogP contribution in [-0.2, 0) is 0 Å². The molecule has 0 amide bonds. The first-order chi connectivity index (χ1) is 8.28. The number of aryl methyl sites for hydroxylation is 1. The molecule has 0 atom stereocenters. The second kappa shape index (κ2) is 5.09. The van der Waals surface area contributed by atoms with Crippen LogP contribution in [0.2, 0.25) is 0 Å². The van der Waals surface area contributed by atoms with E-state index in [0.29, 0.717) is 5.69 Å². The van der Waals surface area contributed by atoms with Crippen LogP contribution in [-0.4, -0.2) is 6.21 Å². The first-order valence-corrected chi connectivity index (χ1v) is 5.36. The molecule has 0 radical (unpaired) electrons. The Morgan fingerprint density at radius 3 is 2.24 bits per heavy atom. The highest BCUT2D eigenvalue weighted by Crippen LogP contribution is 2.18. The van der Waals surface area contributed by atoms with E-state index in [1.807, 2.05) is 30.5 Å². The van der Waals surface area contributed by atoms with Crippen LogP contribution in [0.4, 0.5) is 11.4 Å². The van der Waals surface area contributed by atoms with Gasteiger partial charge in [0.1, 0.15) is 0 Å². The van der Waals surface area contributed by atoms with Crippen LogP contribution in [0.15, 0.2) is 53.5 Å². The van der Waals surface area contributed by atoms with Crippen LogP contribution in [0.5, 0.6) is 0 Å². The largest absolute Gasteiger partial charge is 0.256 e. The van der Waals surface area contributed by atoms with E-state index < -0.39 is 0 Å². The summed E-state index contributed by atoms with van der Waals surface area (Å²) >= 11 is 0. The molecule has 0 saturated heterocycles. The van der Waals surface area contributed by atoms with E-state index in [1.165, 1.54) is 5.56 Å². The second-order valence-corrected chi connectivity index (χ2v) is 3.80. The van der Waals surface area contributed by atoms with Crippen LogP contribution in [0.25, 0.3) is 4.85 Å². The van der Waals surface area contributed by atoms with Gasteiger partial charge in [-0.15, -0.1) is 0 Å². The molecule has 0 bridgehead atoms. The molecule has 2 nitrogen and oxygen atoms in total. The van der Waals surface area contributed by atoms with E-state index in [-0.39, 0.29) is 0 Å². The zero-order valence-electron chi connectivity index (χ0n) is 9.59. The number of hydrogen-bond acceptors (Lipinski definition) is 1. The SMILES string of the molecule is [C-]#[N+]c1ccc(N=Cc2ccc(C)cc2)cc1. The number of benzene rings is 2. The summed E-state index contributed by atoms with van der Waals surface area (Å²) in [5.41, 5.74) is 3.81. The molecule has 0 aliphatic carbocycles. The average molecular weight is 220 g/mol. The maximum Gasteiger partial charge on any atom is 0.187 e. The Morgan fingerprint density at radius 2 is 1.65 bits per heavy atom. The molecule has 82 valence electrons. The molecule has 0 unspecified atom stereocenters. The third kappa shape index (κ3) is 3.02. The van der Waals surface area contributed by atoms with Crippen LogP contribution in [0.1, 0.15) is 11.1 Å². The summed E-state index contributed by atoms with van der Waals surface area (Å²) in [5.74, 6) is 0. The van der Waals surface area contributed by atoms with Crippen molar-refractivity contribution in [3.8, 4) is 0 Å². The van der Waals surface area contributed by atoms with Crippen molar-refractivity contribution < 1.29 is 0 Å². The lowest BCUT2D eigenvalue weighted by molar-refractivity contribution is 1.46. The molecule has 0 N–H and O–H groups in total. The van der Waals surface area contributed by atoms with Crippen molar-refractivity contribution >= 4 is 17.6 Å². The predicted molar refractivity (Wildman–Crippen MR) is 71.1 cm³/mol. The summed E-state index contributed by atoms with van der Waals surface area (Å²) in [7, 11) is 0. The lowest BCUT2D eigenvalue weighted by Gasteiger charge is -1.95. The average Bonchev–Trinajstić information content (AvgIpc) is 2.39. The van der Waals surface area contributed by atoms with Gasteiger partial charge in [-0.25, -0.2) is 4.85 Å². The van der Waals surface area contributed by atoms with Gasteiger partial charge in [-0.3, -0.25) is 4.99 Å². The smallest absolute Gasteiger partial charge is 0.187 e. The van der Waals surface area contributed by atoms with Gasteiger partial charge in [0.25, 0.3) is 0 Å². The molecule has 17 heavy (non-hydrogen) atoms. The Bertz CT molecular complexity index is 557. The topological polar surface area (TPSA) is 16.7 Å². The standard InChI is InChI=1S/C15H12N2/c1-12-3-5-13(6-4-12)11-17-15-9-7-14(16-2)8-10-15/h3-11H,1H3. The minimum atomic E-state index is 0.638. The fourth-order valence-corrected chi connectivity index (χ4v) is 1.41. The molecule has 0 saturated carbocycles. The summed E-state index contributed by atoms with van der Waals surface area (Å²) in [6.45, 7) is 8.92. The highest BCUT2D eigenvalue weighted by molar-refractivity contribution is 5.82. The summed E-state index contributed by atoms with van der Waals surface area (Å²) in [6.07, 6.45) is 1.83. The Hall–Kier alpha value is -2.40. The second-order valence-electron chi connectivity index (χ2n) is 3.80. The van der Waals surface area contributed by atoms with E-state index in [2.05, 4.69) is 28.9 Å². The molecule has 2 aromatic carbocycles. The first-order valence-electron chi connectivity index (χ1n) is 5.36. The fraction of sp³-hybridized carbons (Fsp3) is 0.0667. The zero-order valence-corrected chi connectivity index (χ0v) is 9.59. The van der Waals surface area contributed by atoms with E-state index in [9.17, 15) is 0 Å². The van der Waals surface area contributed by atoms with Gasteiger partial charge >= 0.3 is 0 Å². The van der Waals surface area contributed by atoms with E-state index in [0.717, 1.165) is 11.3 Å². The fourth-order valence-electron chi connectivity index (χ4n) is 1.41. The van der Waals surface area contributed by atoms with Crippen molar-refractivity contribution in [1.82, 2.24) is 0 Å². The number of rotatable bonds is 2. The van der Waals surface area contributed by atoms with Crippen molar-refractivity contribution in [3.05, 3.63) is 71.1 Å². The molecule has 0 aliphatic rings. The van der Waals surface area contributed by atoms with E-state index in [4.69, 9.17) is 6.57 Å². The van der Waals surface area contributed by atoms with E-state index in [1.54, 1.807) is 12.1 Å². The maximum absolute atomic E-state index is 6.86. The number of aliphatic imine (C=N–C) groups is 1. The van der Waals surface area contributed by atoms with Crippen LogP contribution >= 0.6 is 0 Å². The van der Waals surface area contributed by atoms with Crippen LogP contribution in [0, 0.1) is 13.5 Å². The van der Waals surface area contributed by atoms with Gasteiger partial charge in [0.2, 0.25) is 0 Å². The minimum absolute atomic E-state index is 0.638. The quantitative estimate of drug-likeness (QED) is 0.530. The molecule has 0 fully saturated rings. The molecule has 0 spiro atoms. The van der Waals surface area contributed by atoms with Crippen molar-refractivity contribution in [1.29, 1.82) is 0 Å². The summed E-state index contributed by atoms with van der Waals surface area (Å²) < 4.78 is 0. The zero-order chi connectivity index (χ0) is 12.1. The third-order valence-electron chi connectivity index (χ3n) is 2.42. The molecule has 2 heteroatoms. The van der Waals surface area contributed by atoms with Gasteiger partial charge in [0.15, 0.2) is 5.69 Å². The highest BCUT2D eigenvalue weighted by atomic mass is 14.7. The summed E-state index contributed by atoms with van der Waals surface area (Å²) in [4.78, 5) is 7.69. The van der Waals surface area contributed by atoms with Gasteiger partial charge in [0.05, 0.1) is 12.3 Å². The van der Waals surface area contributed by atoms with Gasteiger partial charge in [0, 0.05) is 6.21 Å². The Kier molecular flexibility index (Phi) is 3.32. The molecule has 2 aromatic rings. The lowest BCUT2D eigenvalue weighted by atomic mass is 10.2. The first kappa shape index (κ1) is 11.1. The van der Waals surface area contributed by atoms with Crippen molar-refractivity contribution in [2.45, 2.75) is 6.92 Å². The van der Waals surface area contributed by atoms with Crippen molar-refractivity contribution in [3.63, 3.8) is 0 Å². The number of hydrogen-bond donors (Lipinski definition) is 0. The third-order valence-corrected chi connectivity index (χ3v) is 2.42. The Balaban J connectivity index is 2.14. The van der Waals surface area contributed by atoms with Gasteiger partial charge in [-0.2, -0.15) is 0 Å². The molecule has 0 aliphatic heterocycles. The van der Waals surface area contributed by atoms with E-state index >= 15 is 0 Å². The molecular formula is C15H12N2. The summed E-state index contributed by atoms with van der Waals surface area (Å²) in [6, 6.07) is 15.4. The lowest BCUT2D eigenvalue weighted by Crippen LogP contribution is -1.80. The van der Waals surface area contributed by atoms with Crippen LogP contribution in [0.3, 0.4) is 0 Å². The minimum Gasteiger partial charge on any atom is -0.256 e. The van der Waals surface area contributed by atoms with Crippen LogP contribution < -0.4 is 0 Å². The Morgan fingerprint density at radius 1 is 1.00 bits per heavy atom. The van der Waals surface area contributed by atoms with Crippen molar-refractivity contribution in [2.24, 2.45) is 4.99 Å². The molecule has 0 heterocycles. The highest BCUT2D eigenvalue weighted by Gasteiger charge is 1.91. The summed E-state index contributed by atoms with van der Waals surface area (Å²) in [5, 5.41) is 0. The predicted octanol–water partition coefficient (Wildman–Crippen LogP) is 4.30. The van der Waals surface area contributed by atoms with Gasteiger partial charge < -0.3 is 0 Å². The van der Waals surface area contributed by atoms with Gasteiger partial charge in [-0.05, 0) is 24.6 Å². The maximum atomic E-state index is 6.86. The number of nitrogens with zero attached hydrogens (tertiary/aromatic N) is 2. The normalized spacial score (nSPS) is 10.4. The molecular weight excluding hydrogens is 208 g/mol.